The average molecular weight is 418 g/mol. The summed E-state index contributed by atoms with van der Waals surface area (Å²) in [5.74, 6) is -0.867. The molecule has 152 valence electrons. The molecule has 0 spiro atoms. The molecular formula is C18H28ClN3O4S. The molecule has 1 aliphatic heterocycles. The standard InChI is InChI=1S/C18H27N3O4S.ClH/c1-13-6-5-7-14(2)16(13)20-15(22)12-21(3)17(23)18(26(4,24)25)8-10-19-11-9-18;/h5-7,19H,8-12H2,1-4H3,(H,20,22);1H. The van der Waals surface area contributed by atoms with Gasteiger partial charge in [-0.15, -0.1) is 12.4 Å². The SMILES string of the molecule is Cc1cccc(C)c1NC(=O)CN(C)C(=O)C1(S(C)(=O)=O)CCNCC1.Cl. The summed E-state index contributed by atoms with van der Waals surface area (Å²) in [5.41, 5.74) is 2.58. The third kappa shape index (κ3) is 5.00. The van der Waals surface area contributed by atoms with Crippen molar-refractivity contribution in [3.8, 4) is 0 Å². The summed E-state index contributed by atoms with van der Waals surface area (Å²) in [7, 11) is -2.13. The predicted octanol–water partition coefficient (Wildman–Crippen LogP) is 1.29. The van der Waals surface area contributed by atoms with Gasteiger partial charge in [0.25, 0.3) is 0 Å². The Morgan fingerprint density at radius 1 is 1.19 bits per heavy atom. The van der Waals surface area contributed by atoms with Gasteiger partial charge in [-0.25, -0.2) is 8.42 Å². The van der Waals surface area contributed by atoms with Crippen LogP contribution in [0.2, 0.25) is 0 Å². The number of nitrogens with zero attached hydrogens (tertiary/aromatic N) is 1. The molecule has 2 N–H and O–H groups in total. The molecule has 0 bridgehead atoms. The van der Waals surface area contributed by atoms with E-state index >= 15 is 0 Å². The van der Waals surface area contributed by atoms with E-state index in [0.29, 0.717) is 13.1 Å². The van der Waals surface area contributed by atoms with Crippen molar-refractivity contribution in [3.05, 3.63) is 29.3 Å². The summed E-state index contributed by atoms with van der Waals surface area (Å²) in [6.07, 6.45) is 1.53. The first kappa shape index (κ1) is 23.4. The van der Waals surface area contributed by atoms with Crippen molar-refractivity contribution in [2.24, 2.45) is 0 Å². The average Bonchev–Trinajstić information content (AvgIpc) is 2.57. The number of halogens is 1. The van der Waals surface area contributed by atoms with Crippen LogP contribution >= 0.6 is 12.4 Å². The second-order valence-electron chi connectivity index (χ2n) is 6.99. The Balaban J connectivity index is 0.00000364. The minimum atomic E-state index is -3.60. The van der Waals surface area contributed by atoms with E-state index in [-0.39, 0.29) is 37.7 Å². The van der Waals surface area contributed by atoms with Gasteiger partial charge >= 0.3 is 0 Å². The number of anilines is 1. The van der Waals surface area contributed by atoms with Crippen molar-refractivity contribution in [2.75, 3.05) is 38.3 Å². The van der Waals surface area contributed by atoms with E-state index < -0.39 is 20.5 Å². The lowest BCUT2D eigenvalue weighted by Gasteiger charge is -2.37. The minimum Gasteiger partial charge on any atom is -0.335 e. The molecule has 2 rings (SSSR count). The van der Waals surface area contributed by atoms with Crippen LogP contribution in [0.5, 0.6) is 0 Å². The van der Waals surface area contributed by atoms with E-state index in [1.165, 1.54) is 11.9 Å². The van der Waals surface area contributed by atoms with Crippen molar-refractivity contribution in [2.45, 2.75) is 31.4 Å². The summed E-state index contributed by atoms with van der Waals surface area (Å²) < 4.78 is 23.2. The van der Waals surface area contributed by atoms with Crippen LogP contribution in [0.15, 0.2) is 18.2 Å². The van der Waals surface area contributed by atoms with Crippen LogP contribution in [0, 0.1) is 13.8 Å². The number of hydrogen-bond acceptors (Lipinski definition) is 5. The number of rotatable bonds is 5. The first-order chi connectivity index (χ1) is 12.1. The van der Waals surface area contributed by atoms with Gasteiger partial charge in [0.2, 0.25) is 11.8 Å². The topological polar surface area (TPSA) is 95.6 Å². The van der Waals surface area contributed by atoms with Crippen LogP contribution in [0.1, 0.15) is 24.0 Å². The summed E-state index contributed by atoms with van der Waals surface area (Å²) >= 11 is 0. The molecule has 1 aliphatic rings. The quantitative estimate of drug-likeness (QED) is 0.752. The third-order valence-electron chi connectivity index (χ3n) is 4.98. The zero-order valence-electron chi connectivity index (χ0n) is 16.2. The monoisotopic (exact) mass is 417 g/mol. The van der Waals surface area contributed by atoms with Crippen LogP contribution in [0.25, 0.3) is 0 Å². The number of sulfone groups is 1. The van der Waals surface area contributed by atoms with E-state index in [9.17, 15) is 18.0 Å². The van der Waals surface area contributed by atoms with E-state index in [0.717, 1.165) is 23.1 Å². The lowest BCUT2D eigenvalue weighted by molar-refractivity contribution is -0.136. The molecule has 1 heterocycles. The number of likely N-dealkylation sites (N-methyl/N-ethyl adjacent to an activating group) is 1. The molecule has 27 heavy (non-hydrogen) atoms. The van der Waals surface area contributed by atoms with Gasteiger partial charge < -0.3 is 15.5 Å². The Labute approximate surface area is 167 Å². The van der Waals surface area contributed by atoms with Gasteiger partial charge in [0.15, 0.2) is 14.6 Å². The Bertz CT molecular complexity index is 785. The Morgan fingerprint density at radius 3 is 2.19 bits per heavy atom. The van der Waals surface area contributed by atoms with Crippen LogP contribution in [0.4, 0.5) is 5.69 Å². The van der Waals surface area contributed by atoms with Crippen molar-refractivity contribution in [1.29, 1.82) is 0 Å². The van der Waals surface area contributed by atoms with E-state index in [1.807, 2.05) is 32.0 Å². The molecule has 0 radical (unpaired) electrons. The maximum atomic E-state index is 12.9. The Kier molecular flexibility index (Phi) is 7.83. The summed E-state index contributed by atoms with van der Waals surface area (Å²) in [6, 6.07) is 5.69. The second kappa shape index (κ2) is 9.03. The minimum absolute atomic E-state index is 0. The first-order valence-corrected chi connectivity index (χ1v) is 10.5. The third-order valence-corrected chi connectivity index (χ3v) is 6.99. The second-order valence-corrected chi connectivity index (χ2v) is 9.32. The predicted molar refractivity (Wildman–Crippen MR) is 109 cm³/mol. The first-order valence-electron chi connectivity index (χ1n) is 8.60. The summed E-state index contributed by atoms with van der Waals surface area (Å²) in [4.78, 5) is 26.5. The van der Waals surface area contributed by atoms with Gasteiger partial charge in [-0.05, 0) is 50.9 Å². The lowest BCUT2D eigenvalue weighted by atomic mass is 9.95. The highest BCUT2D eigenvalue weighted by Crippen LogP contribution is 2.30. The number of benzene rings is 1. The number of piperidine rings is 1. The molecule has 1 aromatic carbocycles. The molecule has 0 unspecified atom stereocenters. The molecule has 2 amide bonds. The van der Waals surface area contributed by atoms with E-state index in [4.69, 9.17) is 0 Å². The maximum absolute atomic E-state index is 12.9. The van der Waals surface area contributed by atoms with Crippen LogP contribution < -0.4 is 10.6 Å². The normalized spacial score (nSPS) is 16.1. The molecule has 0 atom stereocenters. The molecule has 0 saturated carbocycles. The van der Waals surface area contributed by atoms with Gasteiger partial charge in [-0.1, -0.05) is 18.2 Å². The van der Waals surface area contributed by atoms with Crippen molar-refractivity contribution in [1.82, 2.24) is 10.2 Å². The Morgan fingerprint density at radius 2 is 1.70 bits per heavy atom. The van der Waals surface area contributed by atoms with Crippen LogP contribution in [0.3, 0.4) is 0 Å². The largest absolute Gasteiger partial charge is 0.335 e. The zero-order chi connectivity index (χ0) is 19.5. The summed E-state index contributed by atoms with van der Waals surface area (Å²) in [6.45, 7) is 4.51. The molecular weight excluding hydrogens is 390 g/mol. The molecule has 7 nitrogen and oxygen atoms in total. The summed E-state index contributed by atoms with van der Waals surface area (Å²) in [5, 5.41) is 5.90. The molecule has 0 aliphatic carbocycles. The lowest BCUT2D eigenvalue weighted by Crippen LogP contribution is -2.58. The van der Waals surface area contributed by atoms with Crippen molar-refractivity contribution in [3.63, 3.8) is 0 Å². The van der Waals surface area contributed by atoms with Crippen molar-refractivity contribution >= 4 is 39.7 Å². The number of nitrogens with one attached hydrogen (secondary N) is 2. The van der Waals surface area contributed by atoms with Gasteiger partial charge in [0, 0.05) is 19.0 Å². The molecule has 1 fully saturated rings. The highest BCUT2D eigenvalue weighted by molar-refractivity contribution is 7.92. The van der Waals surface area contributed by atoms with Crippen LogP contribution in [-0.4, -0.2) is 62.8 Å². The molecule has 1 aromatic rings. The van der Waals surface area contributed by atoms with Gasteiger partial charge in [0.1, 0.15) is 0 Å². The number of para-hydroxylation sites is 1. The number of aryl methyl sites for hydroxylation is 2. The number of amides is 2. The molecule has 1 saturated heterocycles. The van der Waals surface area contributed by atoms with Crippen LogP contribution in [-0.2, 0) is 19.4 Å². The van der Waals surface area contributed by atoms with E-state index in [2.05, 4.69) is 10.6 Å². The van der Waals surface area contributed by atoms with Gasteiger partial charge in [-0.2, -0.15) is 0 Å². The number of hydrogen-bond donors (Lipinski definition) is 2. The number of carbonyl (C=O) groups excluding carboxylic acids is 2. The fraction of sp³-hybridized carbons (Fsp3) is 0.556. The molecule has 0 aromatic heterocycles. The van der Waals surface area contributed by atoms with Crippen molar-refractivity contribution < 1.29 is 18.0 Å². The molecule has 9 heteroatoms. The highest BCUT2D eigenvalue weighted by Gasteiger charge is 2.50. The number of carbonyl (C=O) groups is 2. The maximum Gasteiger partial charge on any atom is 0.244 e. The zero-order valence-corrected chi connectivity index (χ0v) is 17.8. The van der Waals surface area contributed by atoms with E-state index in [1.54, 1.807) is 0 Å². The fourth-order valence-corrected chi connectivity index (χ4v) is 4.82. The Hall–Kier alpha value is -1.64. The van der Waals surface area contributed by atoms with Gasteiger partial charge in [0.05, 0.1) is 6.54 Å². The fourth-order valence-electron chi connectivity index (χ4n) is 3.40. The van der Waals surface area contributed by atoms with Gasteiger partial charge in [-0.3, -0.25) is 9.59 Å². The smallest absolute Gasteiger partial charge is 0.244 e. The highest BCUT2D eigenvalue weighted by atomic mass is 35.5.